The van der Waals surface area contributed by atoms with Crippen LogP contribution in [0.25, 0.3) is 0 Å². The van der Waals surface area contributed by atoms with Crippen molar-refractivity contribution < 1.29 is 14.3 Å². The average Bonchev–Trinajstić information content (AvgIpc) is 2.40. The van der Waals surface area contributed by atoms with Crippen molar-refractivity contribution in [3.05, 3.63) is 63.4 Å². The van der Waals surface area contributed by atoms with E-state index >= 15 is 0 Å². The van der Waals surface area contributed by atoms with Crippen LogP contribution >= 0.6 is 23.2 Å². The molecule has 0 spiro atoms. The number of hydrogen-bond donors (Lipinski definition) is 1. The number of rotatable bonds is 4. The summed E-state index contributed by atoms with van der Waals surface area (Å²) >= 11 is 11.9. The predicted molar refractivity (Wildman–Crippen MR) is 76.6 cm³/mol. The van der Waals surface area contributed by atoms with Gasteiger partial charge in [0.05, 0.1) is 16.3 Å². The Morgan fingerprint density at radius 3 is 2.60 bits per heavy atom. The average molecular weight is 314 g/mol. The molecule has 0 atom stereocenters. The van der Waals surface area contributed by atoms with Gasteiger partial charge >= 0.3 is 0 Å². The van der Waals surface area contributed by atoms with E-state index in [-0.39, 0.29) is 6.61 Å². The fourth-order valence-corrected chi connectivity index (χ4v) is 2.04. The Balaban J connectivity index is 2.11. The minimum absolute atomic E-state index is 0.173. The first-order chi connectivity index (χ1) is 9.60. The molecule has 3 nitrogen and oxygen atoms in total. The third-order valence-electron chi connectivity index (χ3n) is 2.56. The van der Waals surface area contributed by atoms with E-state index in [0.717, 1.165) is 0 Å². The Bertz CT molecular complexity index is 647. The van der Waals surface area contributed by atoms with Gasteiger partial charge in [-0.1, -0.05) is 34.4 Å². The first-order valence-corrected chi connectivity index (χ1v) is 6.39. The first-order valence-electron chi connectivity index (χ1n) is 5.64. The predicted octanol–water partition coefficient (Wildman–Crippen LogP) is 4.52. The van der Waals surface area contributed by atoms with Gasteiger partial charge < -0.3 is 9.94 Å². The highest BCUT2D eigenvalue weighted by atomic mass is 35.5. The molecule has 0 fully saturated rings. The lowest BCUT2D eigenvalue weighted by atomic mass is 10.2. The third-order valence-corrected chi connectivity index (χ3v) is 3.21. The van der Waals surface area contributed by atoms with E-state index in [4.69, 9.17) is 33.1 Å². The summed E-state index contributed by atoms with van der Waals surface area (Å²) in [5.74, 6) is 0.0616. The van der Waals surface area contributed by atoms with Crippen LogP contribution in [0.5, 0.6) is 5.75 Å². The summed E-state index contributed by atoms with van der Waals surface area (Å²) in [6.07, 6.45) is 1.26. The van der Waals surface area contributed by atoms with Crippen LogP contribution in [0.4, 0.5) is 4.39 Å². The minimum Gasteiger partial charge on any atom is -0.487 e. The van der Waals surface area contributed by atoms with Gasteiger partial charge in [-0.25, -0.2) is 4.39 Å². The molecule has 104 valence electrons. The minimum atomic E-state index is -0.399. The number of halogens is 3. The van der Waals surface area contributed by atoms with E-state index in [9.17, 15) is 4.39 Å². The SMILES string of the molecule is O/N=C\c1ccc(OCc2ccc(F)cc2Cl)c(Cl)c1. The Morgan fingerprint density at radius 1 is 1.15 bits per heavy atom. The molecule has 2 rings (SSSR count). The normalized spacial score (nSPS) is 10.9. The van der Waals surface area contributed by atoms with Gasteiger partial charge in [0.2, 0.25) is 0 Å². The number of benzene rings is 2. The van der Waals surface area contributed by atoms with Gasteiger partial charge in [0.1, 0.15) is 18.2 Å². The molecule has 0 aromatic heterocycles. The summed E-state index contributed by atoms with van der Waals surface area (Å²) < 4.78 is 18.4. The molecule has 6 heteroatoms. The first kappa shape index (κ1) is 14.6. The zero-order valence-electron chi connectivity index (χ0n) is 10.2. The molecule has 0 saturated heterocycles. The van der Waals surface area contributed by atoms with Gasteiger partial charge in [0.15, 0.2) is 0 Å². The van der Waals surface area contributed by atoms with Gasteiger partial charge in [-0.15, -0.1) is 0 Å². The summed E-state index contributed by atoms with van der Waals surface area (Å²) in [5, 5.41) is 12.0. The highest BCUT2D eigenvalue weighted by Crippen LogP contribution is 2.27. The smallest absolute Gasteiger partial charge is 0.138 e. The molecule has 2 aromatic carbocycles. The maximum atomic E-state index is 12.9. The number of oxime groups is 1. The molecular weight excluding hydrogens is 304 g/mol. The molecule has 1 N–H and O–H groups in total. The van der Waals surface area contributed by atoms with E-state index in [1.54, 1.807) is 24.3 Å². The Morgan fingerprint density at radius 2 is 1.95 bits per heavy atom. The molecule has 0 aliphatic heterocycles. The summed E-state index contributed by atoms with van der Waals surface area (Å²) in [5.41, 5.74) is 1.30. The third kappa shape index (κ3) is 3.62. The maximum Gasteiger partial charge on any atom is 0.138 e. The van der Waals surface area contributed by atoms with Gasteiger partial charge in [0, 0.05) is 5.56 Å². The molecule has 0 radical (unpaired) electrons. The van der Waals surface area contributed by atoms with Crippen LogP contribution in [0, 0.1) is 5.82 Å². The molecular formula is C14H10Cl2FNO2. The molecule has 0 bridgehead atoms. The van der Waals surface area contributed by atoms with Crippen molar-refractivity contribution in [2.45, 2.75) is 6.61 Å². The summed E-state index contributed by atoms with van der Waals surface area (Å²) in [4.78, 5) is 0. The van der Waals surface area contributed by atoms with E-state index in [1.165, 1.54) is 18.3 Å². The molecule has 0 heterocycles. The lowest BCUT2D eigenvalue weighted by molar-refractivity contribution is 0.306. The highest BCUT2D eigenvalue weighted by Gasteiger charge is 2.06. The van der Waals surface area contributed by atoms with Gasteiger partial charge in [-0.3, -0.25) is 0 Å². The number of hydrogen-bond acceptors (Lipinski definition) is 3. The van der Waals surface area contributed by atoms with Crippen molar-refractivity contribution >= 4 is 29.4 Å². The molecule has 20 heavy (non-hydrogen) atoms. The lowest BCUT2D eigenvalue weighted by Crippen LogP contribution is -1.97. The van der Waals surface area contributed by atoms with Crippen molar-refractivity contribution in [3.8, 4) is 5.75 Å². The molecule has 0 aliphatic carbocycles. The molecule has 0 saturated carbocycles. The van der Waals surface area contributed by atoms with E-state index in [0.29, 0.717) is 26.9 Å². The molecule has 0 aliphatic rings. The molecule has 2 aromatic rings. The van der Waals surface area contributed by atoms with E-state index in [1.807, 2.05) is 0 Å². The van der Waals surface area contributed by atoms with Crippen LogP contribution in [0.1, 0.15) is 11.1 Å². The van der Waals surface area contributed by atoms with Crippen LogP contribution in [0.15, 0.2) is 41.6 Å². The second-order valence-electron chi connectivity index (χ2n) is 3.96. The van der Waals surface area contributed by atoms with E-state index in [2.05, 4.69) is 5.16 Å². The Hall–Kier alpha value is -1.78. The van der Waals surface area contributed by atoms with Crippen LogP contribution in [0.2, 0.25) is 10.0 Å². The molecule has 0 amide bonds. The second kappa shape index (κ2) is 6.59. The van der Waals surface area contributed by atoms with Crippen molar-refractivity contribution in [2.24, 2.45) is 5.16 Å². The van der Waals surface area contributed by atoms with Crippen molar-refractivity contribution in [2.75, 3.05) is 0 Å². The van der Waals surface area contributed by atoms with E-state index < -0.39 is 5.82 Å². The zero-order chi connectivity index (χ0) is 14.5. The fraction of sp³-hybridized carbons (Fsp3) is 0.0714. The maximum absolute atomic E-state index is 12.9. The monoisotopic (exact) mass is 313 g/mol. The summed E-state index contributed by atoms with van der Waals surface area (Å²) in [7, 11) is 0. The lowest BCUT2D eigenvalue weighted by Gasteiger charge is -2.09. The van der Waals surface area contributed by atoms with Crippen LogP contribution < -0.4 is 4.74 Å². The largest absolute Gasteiger partial charge is 0.487 e. The van der Waals surface area contributed by atoms with Crippen LogP contribution in [0.3, 0.4) is 0 Å². The molecule has 0 unspecified atom stereocenters. The van der Waals surface area contributed by atoms with Crippen LogP contribution in [-0.4, -0.2) is 11.4 Å². The van der Waals surface area contributed by atoms with Crippen LogP contribution in [-0.2, 0) is 6.61 Å². The van der Waals surface area contributed by atoms with Gasteiger partial charge in [-0.05, 0) is 35.9 Å². The number of ether oxygens (including phenoxy) is 1. The van der Waals surface area contributed by atoms with Crippen molar-refractivity contribution in [1.82, 2.24) is 0 Å². The standard InChI is InChI=1S/C14H10Cl2FNO2/c15-12-6-11(17)3-2-10(12)8-20-14-4-1-9(7-18-19)5-13(14)16/h1-7,19H,8H2/b18-7-. The highest BCUT2D eigenvalue weighted by molar-refractivity contribution is 6.32. The van der Waals surface area contributed by atoms with Gasteiger partial charge in [0.25, 0.3) is 0 Å². The zero-order valence-corrected chi connectivity index (χ0v) is 11.7. The quantitative estimate of drug-likeness (QED) is 0.512. The Kier molecular flexibility index (Phi) is 4.82. The second-order valence-corrected chi connectivity index (χ2v) is 4.77. The van der Waals surface area contributed by atoms with Crippen molar-refractivity contribution in [3.63, 3.8) is 0 Å². The summed E-state index contributed by atoms with van der Waals surface area (Å²) in [6.45, 7) is 0.173. The Labute approximate surface area is 125 Å². The van der Waals surface area contributed by atoms with Crippen molar-refractivity contribution in [1.29, 1.82) is 0 Å². The van der Waals surface area contributed by atoms with Gasteiger partial charge in [-0.2, -0.15) is 0 Å². The number of nitrogens with zero attached hydrogens (tertiary/aromatic N) is 1. The fourth-order valence-electron chi connectivity index (χ4n) is 1.58. The topological polar surface area (TPSA) is 41.8 Å². The summed E-state index contributed by atoms with van der Waals surface area (Å²) in [6, 6.07) is 9.03.